The minimum absolute atomic E-state index is 0.0881. The second kappa shape index (κ2) is 8.65. The summed E-state index contributed by atoms with van der Waals surface area (Å²) >= 11 is 6.28. The number of anilines is 1. The zero-order chi connectivity index (χ0) is 23.8. The van der Waals surface area contributed by atoms with Crippen LogP contribution in [0.2, 0.25) is 23.2 Å². The summed E-state index contributed by atoms with van der Waals surface area (Å²) in [6.45, 7) is 11.1. The van der Waals surface area contributed by atoms with Crippen molar-refractivity contribution in [2.75, 3.05) is 5.32 Å². The van der Waals surface area contributed by atoms with E-state index in [1.54, 1.807) is 29.0 Å². The fourth-order valence-electron chi connectivity index (χ4n) is 3.22. The van der Waals surface area contributed by atoms with Gasteiger partial charge in [-0.1, -0.05) is 50.6 Å². The summed E-state index contributed by atoms with van der Waals surface area (Å²) in [7, 11) is -1.99. The summed E-state index contributed by atoms with van der Waals surface area (Å²) in [5, 5.41) is 7.80. The van der Waals surface area contributed by atoms with Gasteiger partial charge in [0.2, 0.25) is 8.32 Å². The van der Waals surface area contributed by atoms with Gasteiger partial charge in [-0.05, 0) is 54.0 Å². The minimum Gasteiger partial charge on any atom is -0.543 e. The monoisotopic (exact) mass is 478 g/mol. The summed E-state index contributed by atoms with van der Waals surface area (Å²) in [5.41, 5.74) is 3.25. The van der Waals surface area contributed by atoms with E-state index in [4.69, 9.17) is 16.0 Å². The van der Waals surface area contributed by atoms with Crippen LogP contribution in [0.15, 0.2) is 67.1 Å². The Labute approximate surface area is 199 Å². The molecule has 1 amide bonds. The molecule has 170 valence electrons. The number of rotatable bonds is 5. The van der Waals surface area contributed by atoms with E-state index in [1.165, 1.54) is 6.20 Å². The van der Waals surface area contributed by atoms with Crippen molar-refractivity contribution < 1.29 is 9.22 Å². The first-order valence-corrected chi connectivity index (χ1v) is 14.0. The van der Waals surface area contributed by atoms with Crippen LogP contribution in [0.1, 0.15) is 31.1 Å². The smallest absolute Gasteiger partial charge is 0.261 e. The molecule has 0 fully saturated rings. The average molecular weight is 479 g/mol. The highest BCUT2D eigenvalue weighted by molar-refractivity contribution is 6.74. The maximum atomic E-state index is 13.1. The third-order valence-electron chi connectivity index (χ3n) is 6.08. The van der Waals surface area contributed by atoms with Crippen LogP contribution in [0.3, 0.4) is 0 Å². The predicted molar refractivity (Wildman–Crippen MR) is 136 cm³/mol. The van der Waals surface area contributed by atoms with Crippen LogP contribution in [0, 0.1) is 0 Å². The van der Waals surface area contributed by atoms with Crippen molar-refractivity contribution >= 4 is 37.2 Å². The van der Waals surface area contributed by atoms with E-state index < -0.39 is 8.32 Å². The Kier molecular flexibility index (Phi) is 6.03. The van der Waals surface area contributed by atoms with Crippen molar-refractivity contribution in [1.29, 1.82) is 0 Å². The zero-order valence-corrected chi connectivity index (χ0v) is 21.1. The maximum absolute atomic E-state index is 13.1. The third kappa shape index (κ3) is 4.79. The number of amides is 1. The molecule has 6 nitrogen and oxygen atoms in total. The largest absolute Gasteiger partial charge is 0.543 e. The molecule has 33 heavy (non-hydrogen) atoms. The number of benzene rings is 2. The maximum Gasteiger partial charge on any atom is 0.261 e. The number of hydrogen-bond acceptors (Lipinski definition) is 4. The highest BCUT2D eigenvalue weighted by Gasteiger charge is 2.39. The van der Waals surface area contributed by atoms with E-state index in [1.807, 2.05) is 36.4 Å². The summed E-state index contributed by atoms with van der Waals surface area (Å²) in [6, 6.07) is 15.2. The topological polar surface area (TPSA) is 68.5 Å². The number of aromatic nitrogens is 3. The normalized spacial score (nSPS) is 12.1. The minimum atomic E-state index is -1.99. The van der Waals surface area contributed by atoms with E-state index in [0.29, 0.717) is 21.9 Å². The summed E-state index contributed by atoms with van der Waals surface area (Å²) in [5.74, 6) is 0.513. The van der Waals surface area contributed by atoms with Gasteiger partial charge in [0, 0.05) is 23.0 Å². The number of carbonyl (C=O) groups is 1. The van der Waals surface area contributed by atoms with Gasteiger partial charge in [0.1, 0.15) is 11.3 Å². The molecule has 0 saturated heterocycles. The summed E-state index contributed by atoms with van der Waals surface area (Å²) in [6.07, 6.45) is 4.89. The van der Waals surface area contributed by atoms with Gasteiger partial charge < -0.3 is 9.74 Å². The molecule has 4 aromatic rings. The first-order valence-electron chi connectivity index (χ1n) is 10.7. The molecule has 2 heterocycles. The van der Waals surface area contributed by atoms with Gasteiger partial charge in [0.25, 0.3) is 5.91 Å². The van der Waals surface area contributed by atoms with Crippen molar-refractivity contribution in [1.82, 2.24) is 14.6 Å². The van der Waals surface area contributed by atoms with Crippen LogP contribution in [0.25, 0.3) is 16.8 Å². The zero-order valence-electron chi connectivity index (χ0n) is 19.4. The molecular weight excluding hydrogens is 452 g/mol. The predicted octanol–water partition coefficient (Wildman–Crippen LogP) is 6.69. The number of carbonyl (C=O) groups excluding carboxylic acids is 1. The van der Waals surface area contributed by atoms with Crippen molar-refractivity contribution in [3.8, 4) is 16.9 Å². The number of nitrogens with one attached hydrogen (secondary N) is 1. The Hall–Kier alpha value is -3.16. The molecule has 0 unspecified atom stereocenters. The lowest BCUT2D eigenvalue weighted by atomic mass is 10.0. The molecule has 0 saturated carbocycles. The molecule has 0 aliphatic heterocycles. The second-order valence-corrected chi connectivity index (χ2v) is 14.6. The van der Waals surface area contributed by atoms with Crippen molar-refractivity contribution in [2.24, 2.45) is 0 Å². The quantitative estimate of drug-likeness (QED) is 0.324. The van der Waals surface area contributed by atoms with Gasteiger partial charge in [-0.15, -0.1) is 0 Å². The summed E-state index contributed by atoms with van der Waals surface area (Å²) in [4.78, 5) is 17.4. The molecule has 1 N–H and O–H groups in total. The lowest BCUT2D eigenvalue weighted by Gasteiger charge is -2.36. The average Bonchev–Trinajstić information content (AvgIpc) is 3.17. The summed E-state index contributed by atoms with van der Waals surface area (Å²) < 4.78 is 8.05. The Balaban J connectivity index is 1.67. The first kappa shape index (κ1) is 23.0. The molecule has 0 atom stereocenters. The van der Waals surface area contributed by atoms with Crippen LogP contribution < -0.4 is 9.74 Å². The van der Waals surface area contributed by atoms with Crippen LogP contribution in [0.5, 0.6) is 5.75 Å². The Morgan fingerprint density at radius 3 is 2.67 bits per heavy atom. The van der Waals surface area contributed by atoms with Crippen molar-refractivity contribution in [3.63, 3.8) is 0 Å². The molecule has 8 heteroatoms. The molecule has 0 aliphatic carbocycles. The molecule has 0 bridgehead atoms. The highest BCUT2D eigenvalue weighted by atomic mass is 35.5. The molecule has 2 aromatic carbocycles. The molecule has 0 aliphatic rings. The number of fused-ring (bicyclic) bond motifs is 1. The van der Waals surface area contributed by atoms with Gasteiger partial charge in [0.05, 0.1) is 11.9 Å². The van der Waals surface area contributed by atoms with E-state index in [0.717, 1.165) is 16.9 Å². The SMILES string of the molecule is CC(C)(C)[Si](C)(C)Oc1cccc(-c2ccc(Cl)cc2NC(=O)c2cnn3cccnc23)c1. The fraction of sp³-hybridized carbons (Fsp3) is 0.240. The lowest BCUT2D eigenvalue weighted by Crippen LogP contribution is -2.43. The highest BCUT2D eigenvalue weighted by Crippen LogP contribution is 2.39. The van der Waals surface area contributed by atoms with Crippen molar-refractivity contribution in [2.45, 2.75) is 38.9 Å². The molecule has 0 radical (unpaired) electrons. The van der Waals surface area contributed by atoms with E-state index in [2.05, 4.69) is 49.3 Å². The van der Waals surface area contributed by atoms with Gasteiger partial charge in [-0.25, -0.2) is 9.50 Å². The molecule has 0 spiro atoms. The van der Waals surface area contributed by atoms with E-state index in [-0.39, 0.29) is 10.9 Å². The fourth-order valence-corrected chi connectivity index (χ4v) is 4.42. The Morgan fingerprint density at radius 2 is 1.91 bits per heavy atom. The van der Waals surface area contributed by atoms with Crippen LogP contribution in [-0.2, 0) is 0 Å². The van der Waals surface area contributed by atoms with Crippen molar-refractivity contribution in [3.05, 3.63) is 77.7 Å². The van der Waals surface area contributed by atoms with Gasteiger partial charge in [0.15, 0.2) is 5.65 Å². The van der Waals surface area contributed by atoms with Gasteiger partial charge in [-0.2, -0.15) is 5.10 Å². The van der Waals surface area contributed by atoms with E-state index in [9.17, 15) is 4.79 Å². The number of halogens is 1. The standard InChI is InChI=1S/C25H27ClN4O2Si/c1-25(2,3)33(4,5)32-19-9-6-8-17(14-19)20-11-10-18(26)15-22(20)29-24(31)21-16-28-30-13-7-12-27-23(21)30/h6-16H,1-5H3,(H,29,31). The molecule has 4 rings (SSSR count). The molecular formula is C25H27ClN4O2Si. The van der Waals surface area contributed by atoms with E-state index >= 15 is 0 Å². The Bertz CT molecular complexity index is 1330. The second-order valence-electron chi connectivity index (χ2n) is 9.48. The first-order chi connectivity index (χ1) is 15.5. The number of hydrogen-bond donors (Lipinski definition) is 1. The lowest BCUT2D eigenvalue weighted by molar-refractivity contribution is 0.102. The van der Waals surface area contributed by atoms with Crippen LogP contribution >= 0.6 is 11.6 Å². The van der Waals surface area contributed by atoms with Gasteiger partial charge in [-0.3, -0.25) is 4.79 Å². The third-order valence-corrected chi connectivity index (χ3v) is 10.7. The van der Waals surface area contributed by atoms with Gasteiger partial charge >= 0.3 is 0 Å². The Morgan fingerprint density at radius 1 is 1.12 bits per heavy atom. The van der Waals surface area contributed by atoms with Crippen LogP contribution in [-0.4, -0.2) is 28.8 Å². The molecule has 2 aromatic heterocycles. The van der Waals surface area contributed by atoms with Crippen LogP contribution in [0.4, 0.5) is 5.69 Å². The number of nitrogens with zero attached hydrogens (tertiary/aromatic N) is 3.